The minimum atomic E-state index is 0.764. The zero-order valence-corrected chi connectivity index (χ0v) is 9.12. The van der Waals surface area contributed by atoms with Gasteiger partial charge in [0.15, 0.2) is 0 Å². The monoisotopic (exact) mass is 212 g/mol. The van der Waals surface area contributed by atoms with E-state index in [1.54, 1.807) is 18.0 Å². The third-order valence-corrected chi connectivity index (χ3v) is 2.63. The van der Waals surface area contributed by atoms with E-state index in [4.69, 9.17) is 12.2 Å². The van der Waals surface area contributed by atoms with Crippen LogP contribution < -0.4 is 5.32 Å². The molecule has 0 saturated carbocycles. The van der Waals surface area contributed by atoms with E-state index in [2.05, 4.69) is 17.2 Å². The lowest BCUT2D eigenvalue weighted by Crippen LogP contribution is -2.17. The highest BCUT2D eigenvalue weighted by molar-refractivity contribution is 8.22. The van der Waals surface area contributed by atoms with Crippen LogP contribution in [0.5, 0.6) is 0 Å². The molecule has 4 heteroatoms. The molecule has 2 nitrogen and oxygen atoms in total. The molecule has 1 aromatic heterocycles. The lowest BCUT2D eigenvalue weighted by atomic mass is 10.3. The van der Waals surface area contributed by atoms with Crippen molar-refractivity contribution in [3.8, 4) is 0 Å². The summed E-state index contributed by atoms with van der Waals surface area (Å²) in [6.07, 6.45) is 3.61. The Morgan fingerprint density at radius 1 is 1.69 bits per heavy atom. The average Bonchev–Trinajstić information content (AvgIpc) is 2.17. The van der Waals surface area contributed by atoms with Crippen molar-refractivity contribution < 1.29 is 0 Å². The molecule has 0 atom stereocenters. The predicted molar refractivity (Wildman–Crippen MR) is 61.8 cm³/mol. The molecule has 0 aliphatic carbocycles. The van der Waals surface area contributed by atoms with Crippen molar-refractivity contribution in [3.63, 3.8) is 0 Å². The number of thiocarbonyl (C=S) groups is 1. The van der Waals surface area contributed by atoms with E-state index in [1.807, 2.05) is 18.3 Å². The van der Waals surface area contributed by atoms with Gasteiger partial charge in [0.25, 0.3) is 0 Å². The third kappa shape index (κ3) is 4.24. The molecule has 0 spiro atoms. The summed E-state index contributed by atoms with van der Waals surface area (Å²) in [5.41, 5.74) is 1.15. The zero-order valence-electron chi connectivity index (χ0n) is 7.49. The van der Waals surface area contributed by atoms with Gasteiger partial charge in [0.1, 0.15) is 4.32 Å². The van der Waals surface area contributed by atoms with Gasteiger partial charge in [0.2, 0.25) is 0 Å². The van der Waals surface area contributed by atoms with Crippen molar-refractivity contribution in [3.05, 3.63) is 30.1 Å². The zero-order chi connectivity index (χ0) is 9.52. The van der Waals surface area contributed by atoms with Crippen LogP contribution >= 0.6 is 24.0 Å². The van der Waals surface area contributed by atoms with E-state index in [0.717, 1.165) is 22.2 Å². The topological polar surface area (TPSA) is 24.9 Å². The van der Waals surface area contributed by atoms with Gasteiger partial charge >= 0.3 is 0 Å². The van der Waals surface area contributed by atoms with E-state index in [-0.39, 0.29) is 0 Å². The lowest BCUT2D eigenvalue weighted by molar-refractivity contribution is 0.929. The second-order valence-electron chi connectivity index (χ2n) is 2.44. The van der Waals surface area contributed by atoms with Crippen molar-refractivity contribution in [1.82, 2.24) is 10.3 Å². The molecule has 0 saturated heterocycles. The van der Waals surface area contributed by atoms with Gasteiger partial charge in [0.05, 0.1) is 0 Å². The standard InChI is InChI=1S/C9H12N2S2/c1-2-13-9(12)11-7-8-4-3-5-10-6-8/h3-6H,2,7H2,1H3,(H,11,12). The Morgan fingerprint density at radius 2 is 2.54 bits per heavy atom. The van der Waals surface area contributed by atoms with Gasteiger partial charge in [0, 0.05) is 18.9 Å². The van der Waals surface area contributed by atoms with Crippen LogP contribution in [0.2, 0.25) is 0 Å². The first-order chi connectivity index (χ1) is 6.33. The summed E-state index contributed by atoms with van der Waals surface area (Å²) in [4.78, 5) is 4.02. The minimum absolute atomic E-state index is 0.764. The lowest BCUT2D eigenvalue weighted by Gasteiger charge is -2.05. The highest BCUT2D eigenvalue weighted by Crippen LogP contribution is 2.02. The Balaban J connectivity index is 2.31. The summed E-state index contributed by atoms with van der Waals surface area (Å²) in [6.45, 7) is 2.85. The molecule has 1 N–H and O–H groups in total. The average molecular weight is 212 g/mol. The van der Waals surface area contributed by atoms with Crippen LogP contribution in [0.25, 0.3) is 0 Å². The summed E-state index contributed by atoms with van der Waals surface area (Å²) in [7, 11) is 0. The maximum atomic E-state index is 5.08. The number of nitrogens with zero attached hydrogens (tertiary/aromatic N) is 1. The fourth-order valence-corrected chi connectivity index (χ4v) is 1.72. The number of nitrogens with one attached hydrogen (secondary N) is 1. The number of thioether (sulfide) groups is 1. The predicted octanol–water partition coefficient (Wildman–Crippen LogP) is 2.21. The fourth-order valence-electron chi connectivity index (χ4n) is 0.859. The largest absolute Gasteiger partial charge is 0.367 e. The molecule has 0 aliphatic heterocycles. The molecule has 70 valence electrons. The normalized spacial score (nSPS) is 9.62. The van der Waals surface area contributed by atoms with Crippen LogP contribution in [0.15, 0.2) is 24.5 Å². The molecule has 0 aromatic carbocycles. The number of aromatic nitrogens is 1. The van der Waals surface area contributed by atoms with Crippen molar-refractivity contribution in [2.24, 2.45) is 0 Å². The molecule has 0 unspecified atom stereocenters. The van der Waals surface area contributed by atoms with Crippen LogP contribution in [-0.2, 0) is 6.54 Å². The first-order valence-electron chi connectivity index (χ1n) is 4.12. The van der Waals surface area contributed by atoms with Gasteiger partial charge in [-0.3, -0.25) is 4.98 Å². The fraction of sp³-hybridized carbons (Fsp3) is 0.333. The second kappa shape index (κ2) is 5.94. The number of hydrogen-bond donors (Lipinski definition) is 1. The van der Waals surface area contributed by atoms with Crippen molar-refractivity contribution in [1.29, 1.82) is 0 Å². The number of rotatable bonds is 3. The van der Waals surface area contributed by atoms with Crippen LogP contribution in [-0.4, -0.2) is 15.1 Å². The van der Waals surface area contributed by atoms with Gasteiger partial charge in [-0.15, -0.1) is 0 Å². The molecule has 0 bridgehead atoms. The SMILES string of the molecule is CCSC(=S)NCc1cccnc1. The van der Waals surface area contributed by atoms with E-state index >= 15 is 0 Å². The molecule has 1 heterocycles. The Labute approximate surface area is 88.1 Å². The number of pyridine rings is 1. The van der Waals surface area contributed by atoms with Gasteiger partial charge in [-0.2, -0.15) is 0 Å². The highest BCUT2D eigenvalue weighted by atomic mass is 32.2. The summed E-state index contributed by atoms with van der Waals surface area (Å²) >= 11 is 6.73. The third-order valence-electron chi connectivity index (χ3n) is 1.44. The molecule has 0 amide bonds. The Bertz CT molecular complexity index is 262. The molecule has 13 heavy (non-hydrogen) atoms. The summed E-state index contributed by atoms with van der Waals surface area (Å²) in [5, 5.41) is 3.15. The van der Waals surface area contributed by atoms with Crippen LogP contribution in [0.3, 0.4) is 0 Å². The molecule has 0 aliphatic rings. The van der Waals surface area contributed by atoms with E-state index in [0.29, 0.717) is 0 Å². The first kappa shape index (κ1) is 10.5. The van der Waals surface area contributed by atoms with Crippen molar-refractivity contribution in [2.75, 3.05) is 5.75 Å². The summed E-state index contributed by atoms with van der Waals surface area (Å²) < 4.78 is 0.853. The van der Waals surface area contributed by atoms with Gasteiger partial charge in [-0.25, -0.2) is 0 Å². The van der Waals surface area contributed by atoms with E-state index in [1.165, 1.54) is 0 Å². The van der Waals surface area contributed by atoms with Gasteiger partial charge in [-0.1, -0.05) is 37.0 Å². The second-order valence-corrected chi connectivity index (χ2v) is 4.38. The smallest absolute Gasteiger partial charge is 0.134 e. The van der Waals surface area contributed by atoms with E-state index in [9.17, 15) is 0 Å². The molecule has 1 aromatic rings. The summed E-state index contributed by atoms with van der Waals surface area (Å²) in [5.74, 6) is 1.01. The number of hydrogen-bond acceptors (Lipinski definition) is 3. The highest BCUT2D eigenvalue weighted by Gasteiger charge is 1.95. The summed E-state index contributed by atoms with van der Waals surface area (Å²) in [6, 6.07) is 3.95. The van der Waals surface area contributed by atoms with Gasteiger partial charge in [-0.05, 0) is 17.4 Å². The molecular formula is C9H12N2S2. The quantitative estimate of drug-likeness (QED) is 0.777. The van der Waals surface area contributed by atoms with Crippen LogP contribution in [0.4, 0.5) is 0 Å². The van der Waals surface area contributed by atoms with Gasteiger partial charge < -0.3 is 5.32 Å². The Hall–Kier alpha value is -0.610. The Kier molecular flexibility index (Phi) is 4.78. The van der Waals surface area contributed by atoms with Crippen LogP contribution in [0.1, 0.15) is 12.5 Å². The van der Waals surface area contributed by atoms with Crippen molar-refractivity contribution in [2.45, 2.75) is 13.5 Å². The van der Waals surface area contributed by atoms with Crippen molar-refractivity contribution >= 4 is 28.3 Å². The Morgan fingerprint density at radius 3 is 3.15 bits per heavy atom. The van der Waals surface area contributed by atoms with E-state index < -0.39 is 0 Å². The molecule has 1 rings (SSSR count). The molecular weight excluding hydrogens is 200 g/mol. The van der Waals surface area contributed by atoms with Crippen LogP contribution in [0, 0.1) is 0 Å². The first-order valence-corrected chi connectivity index (χ1v) is 5.52. The molecule has 0 radical (unpaired) electrons. The molecule has 0 fully saturated rings. The minimum Gasteiger partial charge on any atom is -0.367 e. The maximum absolute atomic E-state index is 5.08. The maximum Gasteiger partial charge on any atom is 0.134 e.